The molecule has 1 aliphatic rings. The van der Waals surface area contributed by atoms with Gasteiger partial charge in [-0.05, 0) is 19.3 Å². The van der Waals surface area contributed by atoms with E-state index in [0.29, 0.717) is 11.4 Å². The molecular formula is C9H15BrO2. The summed E-state index contributed by atoms with van der Waals surface area (Å²) in [6, 6.07) is 0. The summed E-state index contributed by atoms with van der Waals surface area (Å²) in [6.07, 6.45) is 4.24. The zero-order valence-corrected chi connectivity index (χ0v) is 8.97. The van der Waals surface area contributed by atoms with Crippen LogP contribution in [0.1, 0.15) is 32.6 Å². The average Bonchev–Trinajstić information content (AvgIpc) is 1.97. The number of esters is 1. The number of hydrogen-bond donors (Lipinski definition) is 0. The van der Waals surface area contributed by atoms with Gasteiger partial charge >= 0.3 is 5.97 Å². The average molecular weight is 235 g/mol. The topological polar surface area (TPSA) is 26.3 Å². The summed E-state index contributed by atoms with van der Waals surface area (Å²) in [5.74, 6) is 0.209. The van der Waals surface area contributed by atoms with Crippen LogP contribution < -0.4 is 0 Å². The van der Waals surface area contributed by atoms with E-state index in [1.807, 2.05) is 0 Å². The Labute approximate surface area is 81.8 Å². The molecule has 0 aliphatic heterocycles. The van der Waals surface area contributed by atoms with E-state index < -0.39 is 0 Å². The standard InChI is InChI=1S/C9H15BrO2/c1-2-8(10)6-12-9(11)7-4-3-5-7/h7-8H,2-6H2,1H3. The van der Waals surface area contributed by atoms with Crippen molar-refractivity contribution < 1.29 is 9.53 Å². The second-order valence-corrected chi connectivity index (χ2v) is 4.56. The number of ether oxygens (including phenoxy) is 1. The summed E-state index contributed by atoms with van der Waals surface area (Å²) in [7, 11) is 0. The monoisotopic (exact) mass is 234 g/mol. The van der Waals surface area contributed by atoms with Crippen LogP contribution in [0.2, 0.25) is 0 Å². The summed E-state index contributed by atoms with van der Waals surface area (Å²) < 4.78 is 5.11. The number of carbonyl (C=O) groups excluding carboxylic acids is 1. The molecular weight excluding hydrogens is 220 g/mol. The van der Waals surface area contributed by atoms with Crippen LogP contribution in [0.15, 0.2) is 0 Å². The van der Waals surface area contributed by atoms with Crippen LogP contribution in [-0.4, -0.2) is 17.4 Å². The lowest BCUT2D eigenvalue weighted by Crippen LogP contribution is -2.26. The molecule has 12 heavy (non-hydrogen) atoms. The molecule has 0 amide bonds. The maximum Gasteiger partial charge on any atom is 0.308 e. The fraction of sp³-hybridized carbons (Fsp3) is 0.889. The first-order chi connectivity index (χ1) is 5.74. The molecule has 1 saturated carbocycles. The van der Waals surface area contributed by atoms with Crippen molar-refractivity contribution in [3.05, 3.63) is 0 Å². The van der Waals surface area contributed by atoms with Gasteiger partial charge in [0.15, 0.2) is 0 Å². The molecule has 0 radical (unpaired) electrons. The highest BCUT2D eigenvalue weighted by Crippen LogP contribution is 2.27. The normalized spacial score (nSPS) is 19.8. The van der Waals surface area contributed by atoms with Crippen molar-refractivity contribution in [1.29, 1.82) is 0 Å². The summed E-state index contributed by atoms with van der Waals surface area (Å²) in [5, 5.41) is 0. The number of rotatable bonds is 4. The fourth-order valence-corrected chi connectivity index (χ4v) is 1.18. The van der Waals surface area contributed by atoms with Crippen LogP contribution >= 0.6 is 15.9 Å². The van der Waals surface area contributed by atoms with Crippen LogP contribution in [0.5, 0.6) is 0 Å². The van der Waals surface area contributed by atoms with Crippen molar-refractivity contribution in [2.75, 3.05) is 6.61 Å². The summed E-state index contributed by atoms with van der Waals surface area (Å²) in [4.78, 5) is 11.5. The lowest BCUT2D eigenvalue weighted by Gasteiger charge is -2.23. The van der Waals surface area contributed by atoms with E-state index in [-0.39, 0.29) is 11.9 Å². The molecule has 1 fully saturated rings. The molecule has 1 unspecified atom stereocenters. The Bertz CT molecular complexity index is 155. The minimum Gasteiger partial charge on any atom is -0.464 e. The van der Waals surface area contributed by atoms with Crippen molar-refractivity contribution in [3.8, 4) is 0 Å². The second-order valence-electron chi connectivity index (χ2n) is 3.26. The van der Waals surface area contributed by atoms with Gasteiger partial charge in [-0.15, -0.1) is 0 Å². The molecule has 0 aromatic rings. The molecule has 1 atom stereocenters. The fourth-order valence-electron chi connectivity index (χ4n) is 1.05. The molecule has 0 spiro atoms. The molecule has 0 N–H and O–H groups in total. The van der Waals surface area contributed by atoms with Crippen LogP contribution in [0.3, 0.4) is 0 Å². The first-order valence-electron chi connectivity index (χ1n) is 4.54. The number of alkyl halides is 1. The second kappa shape index (κ2) is 4.85. The van der Waals surface area contributed by atoms with Crippen LogP contribution in [0, 0.1) is 5.92 Å². The van der Waals surface area contributed by atoms with E-state index in [0.717, 1.165) is 19.3 Å². The summed E-state index contributed by atoms with van der Waals surface area (Å²) in [5.41, 5.74) is 0. The first kappa shape index (κ1) is 10.0. The highest BCUT2D eigenvalue weighted by atomic mass is 79.9. The molecule has 2 nitrogen and oxygen atoms in total. The number of halogens is 1. The molecule has 0 bridgehead atoms. The van der Waals surface area contributed by atoms with E-state index in [2.05, 4.69) is 22.9 Å². The Hall–Kier alpha value is -0.0500. The Morgan fingerprint density at radius 1 is 1.67 bits per heavy atom. The van der Waals surface area contributed by atoms with Crippen molar-refractivity contribution in [2.45, 2.75) is 37.4 Å². The van der Waals surface area contributed by atoms with Gasteiger partial charge in [0, 0.05) is 4.83 Å². The third kappa shape index (κ3) is 2.77. The van der Waals surface area contributed by atoms with E-state index in [4.69, 9.17) is 4.74 Å². The van der Waals surface area contributed by atoms with Crippen molar-refractivity contribution in [3.63, 3.8) is 0 Å². The van der Waals surface area contributed by atoms with Gasteiger partial charge < -0.3 is 4.74 Å². The van der Waals surface area contributed by atoms with Gasteiger partial charge in [-0.25, -0.2) is 0 Å². The largest absolute Gasteiger partial charge is 0.464 e. The molecule has 0 aromatic carbocycles. The SMILES string of the molecule is CCC(Br)COC(=O)C1CCC1. The zero-order valence-electron chi connectivity index (χ0n) is 7.38. The lowest BCUT2D eigenvalue weighted by atomic mass is 9.86. The lowest BCUT2D eigenvalue weighted by molar-refractivity contribution is -0.151. The summed E-state index contributed by atoms with van der Waals surface area (Å²) in [6.45, 7) is 2.59. The third-order valence-electron chi connectivity index (χ3n) is 2.29. The zero-order chi connectivity index (χ0) is 8.97. The predicted molar refractivity (Wildman–Crippen MR) is 51.3 cm³/mol. The van der Waals surface area contributed by atoms with Gasteiger partial charge in [-0.1, -0.05) is 29.3 Å². The van der Waals surface area contributed by atoms with Gasteiger partial charge in [0.1, 0.15) is 6.61 Å². The van der Waals surface area contributed by atoms with E-state index in [1.54, 1.807) is 0 Å². The first-order valence-corrected chi connectivity index (χ1v) is 5.46. The maximum atomic E-state index is 11.2. The van der Waals surface area contributed by atoms with Crippen molar-refractivity contribution in [2.24, 2.45) is 5.92 Å². The van der Waals surface area contributed by atoms with Crippen molar-refractivity contribution >= 4 is 21.9 Å². The molecule has 3 heteroatoms. The molecule has 70 valence electrons. The van der Waals surface area contributed by atoms with Gasteiger partial charge in [0.2, 0.25) is 0 Å². The Kier molecular flexibility index (Phi) is 4.06. The Morgan fingerprint density at radius 2 is 2.33 bits per heavy atom. The molecule has 0 heterocycles. The quantitative estimate of drug-likeness (QED) is 0.552. The van der Waals surface area contributed by atoms with E-state index >= 15 is 0 Å². The van der Waals surface area contributed by atoms with Gasteiger partial charge in [-0.3, -0.25) is 4.79 Å². The van der Waals surface area contributed by atoms with Gasteiger partial charge in [0.05, 0.1) is 5.92 Å². The van der Waals surface area contributed by atoms with E-state index in [9.17, 15) is 4.79 Å². The molecule has 1 rings (SSSR count). The minimum atomic E-state index is -0.000787. The number of hydrogen-bond acceptors (Lipinski definition) is 2. The highest BCUT2D eigenvalue weighted by Gasteiger charge is 2.26. The maximum absolute atomic E-state index is 11.2. The predicted octanol–water partition coefficient (Wildman–Crippen LogP) is 2.50. The minimum absolute atomic E-state index is 0.000787. The van der Waals surface area contributed by atoms with Crippen LogP contribution in [0.4, 0.5) is 0 Å². The Morgan fingerprint density at radius 3 is 2.75 bits per heavy atom. The highest BCUT2D eigenvalue weighted by molar-refractivity contribution is 9.09. The van der Waals surface area contributed by atoms with Crippen LogP contribution in [0.25, 0.3) is 0 Å². The molecule has 1 aliphatic carbocycles. The van der Waals surface area contributed by atoms with Crippen LogP contribution in [-0.2, 0) is 9.53 Å². The third-order valence-corrected chi connectivity index (χ3v) is 3.20. The smallest absolute Gasteiger partial charge is 0.308 e. The Balaban J connectivity index is 2.09. The van der Waals surface area contributed by atoms with E-state index in [1.165, 1.54) is 6.42 Å². The van der Waals surface area contributed by atoms with Crippen molar-refractivity contribution in [1.82, 2.24) is 0 Å². The molecule has 0 saturated heterocycles. The molecule has 0 aromatic heterocycles. The number of carbonyl (C=O) groups is 1. The summed E-state index contributed by atoms with van der Waals surface area (Å²) >= 11 is 3.42. The van der Waals surface area contributed by atoms with Gasteiger partial charge in [0.25, 0.3) is 0 Å². The van der Waals surface area contributed by atoms with Gasteiger partial charge in [-0.2, -0.15) is 0 Å².